The van der Waals surface area contributed by atoms with E-state index < -0.39 is 0 Å². The van der Waals surface area contributed by atoms with E-state index in [-0.39, 0.29) is 0 Å². The van der Waals surface area contributed by atoms with Crippen LogP contribution in [0.1, 0.15) is 29.7 Å². The number of nitrogens with zero attached hydrogens (tertiary/aromatic N) is 2. The second-order valence-corrected chi connectivity index (χ2v) is 4.78. The van der Waals surface area contributed by atoms with Crippen molar-refractivity contribution in [2.45, 2.75) is 32.2 Å². The van der Waals surface area contributed by atoms with Crippen LogP contribution in [0.25, 0.3) is 0 Å². The molecule has 0 aliphatic heterocycles. The summed E-state index contributed by atoms with van der Waals surface area (Å²) in [6, 6.07) is 2.13. The summed E-state index contributed by atoms with van der Waals surface area (Å²) in [5, 5.41) is 11.0. The first-order valence-electron chi connectivity index (χ1n) is 6.24. The molecule has 2 heterocycles. The first kappa shape index (κ1) is 10.4. The lowest BCUT2D eigenvalue weighted by Crippen LogP contribution is -2.05. The molecule has 3 rings (SSSR count). The van der Waals surface area contributed by atoms with Gasteiger partial charge in [0.1, 0.15) is 0 Å². The van der Waals surface area contributed by atoms with Crippen LogP contribution in [0.3, 0.4) is 0 Å². The molecule has 17 heavy (non-hydrogen) atoms. The molecule has 0 saturated carbocycles. The second kappa shape index (κ2) is 4.28. The van der Waals surface area contributed by atoms with Crippen LogP contribution in [0.2, 0.25) is 0 Å². The van der Waals surface area contributed by atoms with Crippen molar-refractivity contribution in [3.8, 4) is 0 Å². The highest BCUT2D eigenvalue weighted by atomic mass is 15.2. The van der Waals surface area contributed by atoms with Crippen LogP contribution in [-0.4, -0.2) is 14.8 Å². The SMILES string of the molecule is Cn1ccc(CNc2n[nH]c3c2CCCC3)c1. The number of aryl methyl sites for hydroxylation is 2. The minimum atomic E-state index is 0.845. The molecule has 2 N–H and O–H groups in total. The molecule has 0 atom stereocenters. The third-order valence-corrected chi connectivity index (χ3v) is 3.41. The molecule has 0 fully saturated rings. The zero-order valence-electron chi connectivity index (χ0n) is 10.2. The number of aromatic amines is 1. The molecule has 1 aliphatic rings. The Morgan fingerprint density at radius 3 is 3.12 bits per heavy atom. The maximum atomic E-state index is 4.38. The van der Waals surface area contributed by atoms with Gasteiger partial charge in [0.25, 0.3) is 0 Å². The normalized spacial score (nSPS) is 14.6. The van der Waals surface area contributed by atoms with Gasteiger partial charge in [-0.3, -0.25) is 5.10 Å². The summed E-state index contributed by atoms with van der Waals surface area (Å²) in [5.41, 5.74) is 4.01. The largest absolute Gasteiger partial charge is 0.364 e. The molecule has 4 nitrogen and oxygen atoms in total. The molecule has 0 bridgehead atoms. The summed E-state index contributed by atoms with van der Waals surface area (Å²) in [4.78, 5) is 0. The van der Waals surface area contributed by atoms with E-state index >= 15 is 0 Å². The number of aromatic nitrogens is 3. The third-order valence-electron chi connectivity index (χ3n) is 3.41. The zero-order chi connectivity index (χ0) is 11.7. The van der Waals surface area contributed by atoms with Gasteiger partial charge in [0.15, 0.2) is 5.82 Å². The Morgan fingerprint density at radius 1 is 1.41 bits per heavy atom. The van der Waals surface area contributed by atoms with Gasteiger partial charge in [-0.25, -0.2) is 0 Å². The summed E-state index contributed by atoms with van der Waals surface area (Å²) < 4.78 is 2.07. The molecular weight excluding hydrogens is 212 g/mol. The van der Waals surface area contributed by atoms with Gasteiger partial charge in [0.05, 0.1) is 0 Å². The summed E-state index contributed by atoms with van der Waals surface area (Å²) in [6.07, 6.45) is 9.07. The highest BCUT2D eigenvalue weighted by Crippen LogP contribution is 2.25. The van der Waals surface area contributed by atoms with E-state index in [1.807, 2.05) is 7.05 Å². The van der Waals surface area contributed by atoms with E-state index in [4.69, 9.17) is 0 Å². The molecule has 90 valence electrons. The van der Waals surface area contributed by atoms with Crippen molar-refractivity contribution < 1.29 is 0 Å². The van der Waals surface area contributed by atoms with E-state index in [1.165, 1.54) is 29.7 Å². The van der Waals surface area contributed by atoms with E-state index in [0.717, 1.165) is 25.2 Å². The lowest BCUT2D eigenvalue weighted by Gasteiger charge is -2.11. The van der Waals surface area contributed by atoms with Crippen LogP contribution < -0.4 is 5.32 Å². The highest BCUT2D eigenvalue weighted by molar-refractivity contribution is 5.47. The third kappa shape index (κ3) is 2.07. The average Bonchev–Trinajstić information content (AvgIpc) is 2.93. The summed E-state index contributed by atoms with van der Waals surface area (Å²) in [7, 11) is 2.04. The van der Waals surface area contributed by atoms with Crippen LogP contribution in [-0.2, 0) is 26.4 Å². The average molecular weight is 230 g/mol. The minimum Gasteiger partial charge on any atom is -0.364 e. The molecule has 2 aromatic heterocycles. The Bertz CT molecular complexity index is 509. The number of H-pyrrole nitrogens is 1. The maximum absolute atomic E-state index is 4.38. The lowest BCUT2D eigenvalue weighted by atomic mass is 9.97. The minimum absolute atomic E-state index is 0.845. The van der Waals surface area contributed by atoms with E-state index in [9.17, 15) is 0 Å². The topological polar surface area (TPSA) is 45.6 Å². The number of rotatable bonds is 3. The van der Waals surface area contributed by atoms with Crippen molar-refractivity contribution >= 4 is 5.82 Å². The van der Waals surface area contributed by atoms with Crippen LogP contribution in [0, 0.1) is 0 Å². The smallest absolute Gasteiger partial charge is 0.151 e. The van der Waals surface area contributed by atoms with Crippen molar-refractivity contribution in [3.63, 3.8) is 0 Å². The monoisotopic (exact) mass is 230 g/mol. The molecule has 0 amide bonds. The van der Waals surface area contributed by atoms with Crippen LogP contribution in [0.15, 0.2) is 18.5 Å². The fourth-order valence-electron chi connectivity index (χ4n) is 2.48. The number of hydrogen-bond acceptors (Lipinski definition) is 2. The van der Waals surface area contributed by atoms with Crippen molar-refractivity contribution in [1.82, 2.24) is 14.8 Å². The van der Waals surface area contributed by atoms with Crippen molar-refractivity contribution in [1.29, 1.82) is 0 Å². The van der Waals surface area contributed by atoms with Gasteiger partial charge in [-0.2, -0.15) is 5.10 Å². The maximum Gasteiger partial charge on any atom is 0.151 e. The highest BCUT2D eigenvalue weighted by Gasteiger charge is 2.16. The van der Waals surface area contributed by atoms with E-state index in [2.05, 4.69) is 38.5 Å². The van der Waals surface area contributed by atoms with E-state index in [0.29, 0.717) is 0 Å². The number of nitrogens with one attached hydrogen (secondary N) is 2. The van der Waals surface area contributed by atoms with Gasteiger partial charge >= 0.3 is 0 Å². The van der Waals surface area contributed by atoms with E-state index in [1.54, 1.807) is 0 Å². The van der Waals surface area contributed by atoms with Gasteiger partial charge in [0.2, 0.25) is 0 Å². The van der Waals surface area contributed by atoms with Gasteiger partial charge in [-0.15, -0.1) is 0 Å². The predicted octanol–water partition coefficient (Wildman–Crippen LogP) is 2.24. The predicted molar refractivity (Wildman–Crippen MR) is 68.0 cm³/mol. The zero-order valence-corrected chi connectivity index (χ0v) is 10.2. The molecule has 0 saturated heterocycles. The number of anilines is 1. The van der Waals surface area contributed by atoms with Crippen molar-refractivity contribution in [2.24, 2.45) is 7.05 Å². The molecular formula is C13H18N4. The summed E-state index contributed by atoms with van der Waals surface area (Å²) in [6.45, 7) is 0.845. The van der Waals surface area contributed by atoms with Gasteiger partial charge in [-0.1, -0.05) is 0 Å². The van der Waals surface area contributed by atoms with Crippen molar-refractivity contribution in [2.75, 3.05) is 5.32 Å². The molecule has 0 aromatic carbocycles. The van der Waals surface area contributed by atoms with Gasteiger partial charge < -0.3 is 9.88 Å². The van der Waals surface area contributed by atoms with Crippen LogP contribution >= 0.6 is 0 Å². The second-order valence-electron chi connectivity index (χ2n) is 4.78. The van der Waals surface area contributed by atoms with Crippen molar-refractivity contribution in [3.05, 3.63) is 35.3 Å². The van der Waals surface area contributed by atoms with Gasteiger partial charge in [0, 0.05) is 37.2 Å². The standard InChI is InChI=1S/C13H18N4/c1-17-7-6-10(9-17)8-14-13-11-4-2-3-5-12(11)15-16-13/h6-7,9H,2-5,8H2,1H3,(H2,14,15,16). The number of hydrogen-bond donors (Lipinski definition) is 2. The van der Waals surface area contributed by atoms with Gasteiger partial charge in [-0.05, 0) is 37.3 Å². The first-order chi connectivity index (χ1) is 8.33. The lowest BCUT2D eigenvalue weighted by molar-refractivity contribution is 0.675. The Labute approximate surface area is 101 Å². The fourth-order valence-corrected chi connectivity index (χ4v) is 2.48. The molecule has 0 spiro atoms. The Hall–Kier alpha value is -1.71. The summed E-state index contributed by atoms with van der Waals surface area (Å²) >= 11 is 0. The quantitative estimate of drug-likeness (QED) is 0.849. The molecule has 2 aromatic rings. The summed E-state index contributed by atoms with van der Waals surface area (Å²) in [5.74, 6) is 1.04. The molecule has 4 heteroatoms. The Balaban J connectivity index is 1.71. The van der Waals surface area contributed by atoms with Crippen LogP contribution in [0.4, 0.5) is 5.82 Å². The Morgan fingerprint density at radius 2 is 2.29 bits per heavy atom. The van der Waals surface area contributed by atoms with Crippen LogP contribution in [0.5, 0.6) is 0 Å². The molecule has 0 radical (unpaired) electrons. The first-order valence-corrected chi connectivity index (χ1v) is 6.24. The Kier molecular flexibility index (Phi) is 2.63. The number of fused-ring (bicyclic) bond motifs is 1. The molecule has 1 aliphatic carbocycles. The fraction of sp³-hybridized carbons (Fsp3) is 0.462. The molecule has 0 unspecified atom stereocenters.